The van der Waals surface area contributed by atoms with Crippen LogP contribution in [-0.2, 0) is 4.74 Å². The quantitative estimate of drug-likeness (QED) is 0.163. The van der Waals surface area contributed by atoms with E-state index in [0.29, 0.717) is 39.1 Å². The van der Waals surface area contributed by atoms with Crippen LogP contribution in [0.3, 0.4) is 0 Å². The van der Waals surface area contributed by atoms with Gasteiger partial charge in [0.05, 0.1) is 0 Å². The molecule has 0 aliphatic heterocycles. The first-order valence-electron chi connectivity index (χ1n) is 7.64. The molecule has 12 nitrogen and oxygen atoms in total. The Labute approximate surface area is 155 Å². The summed E-state index contributed by atoms with van der Waals surface area (Å²) in [7, 11) is 0. The molecular formula is C13H23ClN10O2. The van der Waals surface area contributed by atoms with E-state index in [2.05, 4.69) is 25.3 Å². The summed E-state index contributed by atoms with van der Waals surface area (Å²) >= 11 is 5.72. The second-order valence-corrected chi connectivity index (χ2v) is 5.34. The lowest BCUT2D eigenvalue weighted by atomic mass is 10.4. The highest BCUT2D eigenvalue weighted by atomic mass is 35.5. The summed E-state index contributed by atoms with van der Waals surface area (Å²) in [6.45, 7) is 1.89. The van der Waals surface area contributed by atoms with Crippen molar-refractivity contribution in [2.45, 2.75) is 12.8 Å². The number of guanidine groups is 2. The Morgan fingerprint density at radius 1 is 1.04 bits per heavy atom. The van der Waals surface area contributed by atoms with E-state index in [-0.39, 0.29) is 34.4 Å². The van der Waals surface area contributed by atoms with E-state index in [1.54, 1.807) is 0 Å². The fourth-order valence-electron chi connectivity index (χ4n) is 1.67. The minimum Gasteiger partial charge on any atom is -0.382 e. The van der Waals surface area contributed by atoms with Crippen molar-refractivity contribution in [1.29, 1.82) is 0 Å². The monoisotopic (exact) mass is 386 g/mol. The minimum atomic E-state index is -0.686. The highest BCUT2D eigenvalue weighted by Gasteiger charge is 2.16. The predicted octanol–water partition coefficient (Wildman–Crippen LogP) is -1.59. The van der Waals surface area contributed by atoms with E-state index in [4.69, 9.17) is 45.0 Å². The van der Waals surface area contributed by atoms with E-state index in [9.17, 15) is 4.79 Å². The SMILES string of the molecule is NC(N)=NCCCOCCCN=C(N)NC(=O)c1nc(Cl)c(N)nc1N. The maximum Gasteiger partial charge on any atom is 0.280 e. The molecule has 1 heterocycles. The van der Waals surface area contributed by atoms with Crippen molar-refractivity contribution >= 4 is 41.1 Å². The van der Waals surface area contributed by atoms with Crippen molar-refractivity contribution in [2.24, 2.45) is 27.2 Å². The molecule has 144 valence electrons. The maximum atomic E-state index is 12.0. The first kappa shape index (κ1) is 21.2. The summed E-state index contributed by atoms with van der Waals surface area (Å²) < 4.78 is 5.38. The zero-order chi connectivity index (χ0) is 19.5. The van der Waals surface area contributed by atoms with Gasteiger partial charge >= 0.3 is 0 Å². The lowest BCUT2D eigenvalue weighted by Crippen LogP contribution is -2.38. The fourth-order valence-corrected chi connectivity index (χ4v) is 1.79. The van der Waals surface area contributed by atoms with Gasteiger partial charge in [-0.2, -0.15) is 0 Å². The number of nitrogen functional groups attached to an aromatic ring is 2. The van der Waals surface area contributed by atoms with E-state index in [1.807, 2.05) is 0 Å². The standard InChI is InChI=1S/C13H23ClN10O2/c14-8-10(16)23-9(15)7(22-8)11(25)24-13(19)21-4-2-6-26-5-1-3-20-12(17)18/h1-6H2,(H4,15,16,23)(H4,17,18,20)(H3,19,21,24,25). The third-order valence-electron chi connectivity index (χ3n) is 2.83. The molecule has 0 radical (unpaired) electrons. The van der Waals surface area contributed by atoms with Gasteiger partial charge in [0.2, 0.25) is 0 Å². The van der Waals surface area contributed by atoms with Gasteiger partial charge in [0, 0.05) is 26.3 Å². The van der Waals surface area contributed by atoms with Gasteiger partial charge in [-0.05, 0) is 12.8 Å². The average Bonchev–Trinajstić information content (AvgIpc) is 2.56. The highest BCUT2D eigenvalue weighted by Crippen LogP contribution is 2.16. The fraction of sp³-hybridized carbons (Fsp3) is 0.462. The van der Waals surface area contributed by atoms with Crippen LogP contribution in [0.4, 0.5) is 11.6 Å². The Morgan fingerprint density at radius 3 is 2.27 bits per heavy atom. The molecular weight excluding hydrogens is 364 g/mol. The zero-order valence-electron chi connectivity index (χ0n) is 14.1. The van der Waals surface area contributed by atoms with Crippen molar-refractivity contribution in [1.82, 2.24) is 15.3 Å². The second-order valence-electron chi connectivity index (χ2n) is 4.98. The van der Waals surface area contributed by atoms with Gasteiger partial charge < -0.3 is 33.4 Å². The number of hydrogen-bond acceptors (Lipinski definition) is 8. The summed E-state index contributed by atoms with van der Waals surface area (Å²) in [4.78, 5) is 27.3. The molecule has 0 saturated carbocycles. The number of ether oxygens (including phenoxy) is 1. The number of aliphatic imine (C=N–C) groups is 2. The van der Waals surface area contributed by atoms with E-state index in [0.717, 1.165) is 0 Å². The van der Waals surface area contributed by atoms with Gasteiger partial charge in [-0.3, -0.25) is 20.1 Å². The summed E-state index contributed by atoms with van der Waals surface area (Å²) in [5, 5.41) is 2.21. The molecule has 0 aromatic carbocycles. The smallest absolute Gasteiger partial charge is 0.280 e. The lowest BCUT2D eigenvalue weighted by Gasteiger charge is -2.07. The molecule has 0 fully saturated rings. The van der Waals surface area contributed by atoms with E-state index < -0.39 is 5.91 Å². The number of nitrogens with zero attached hydrogens (tertiary/aromatic N) is 4. The Kier molecular flexibility index (Phi) is 8.87. The highest BCUT2D eigenvalue weighted by molar-refractivity contribution is 6.31. The molecule has 26 heavy (non-hydrogen) atoms. The molecule has 0 unspecified atom stereocenters. The number of amides is 1. The van der Waals surface area contributed by atoms with Gasteiger partial charge in [-0.1, -0.05) is 11.6 Å². The van der Waals surface area contributed by atoms with Crippen LogP contribution < -0.4 is 34.0 Å². The van der Waals surface area contributed by atoms with Crippen LogP contribution in [0, 0.1) is 0 Å². The number of aromatic nitrogens is 2. The molecule has 0 saturated heterocycles. The second kappa shape index (κ2) is 10.9. The molecule has 1 aromatic rings. The summed E-state index contributed by atoms with van der Waals surface area (Å²) in [5.74, 6) is -0.941. The molecule has 0 aliphatic rings. The number of halogens is 1. The third-order valence-corrected chi connectivity index (χ3v) is 3.11. The number of nitrogens with one attached hydrogen (secondary N) is 1. The maximum absolute atomic E-state index is 12.0. The number of carbonyl (C=O) groups is 1. The van der Waals surface area contributed by atoms with Crippen molar-refractivity contribution in [2.75, 3.05) is 37.8 Å². The molecule has 1 rings (SSSR count). The van der Waals surface area contributed by atoms with Crippen molar-refractivity contribution in [3.05, 3.63) is 10.8 Å². The molecule has 11 N–H and O–H groups in total. The van der Waals surface area contributed by atoms with Crippen LogP contribution in [0.15, 0.2) is 9.98 Å². The van der Waals surface area contributed by atoms with E-state index in [1.165, 1.54) is 0 Å². The Hall–Kier alpha value is -2.86. The van der Waals surface area contributed by atoms with Crippen LogP contribution in [0.2, 0.25) is 5.15 Å². The molecule has 0 atom stereocenters. The van der Waals surface area contributed by atoms with Gasteiger partial charge in [-0.15, -0.1) is 0 Å². The van der Waals surface area contributed by atoms with Gasteiger partial charge in [0.25, 0.3) is 5.91 Å². The first-order chi connectivity index (χ1) is 12.3. The van der Waals surface area contributed by atoms with Gasteiger partial charge in [0.1, 0.15) is 0 Å². The Bertz CT molecular complexity index is 675. The Balaban J connectivity index is 2.30. The van der Waals surface area contributed by atoms with Crippen LogP contribution >= 0.6 is 11.6 Å². The number of anilines is 2. The van der Waals surface area contributed by atoms with Crippen LogP contribution in [-0.4, -0.2) is 54.1 Å². The number of carbonyl (C=O) groups excluding carboxylic acids is 1. The molecule has 0 bridgehead atoms. The van der Waals surface area contributed by atoms with Crippen molar-refractivity contribution in [3.63, 3.8) is 0 Å². The summed E-state index contributed by atoms with van der Waals surface area (Å²) in [5.41, 5.74) is 26.9. The van der Waals surface area contributed by atoms with Gasteiger partial charge in [-0.25, -0.2) is 9.97 Å². The summed E-state index contributed by atoms with van der Waals surface area (Å²) in [6.07, 6.45) is 1.33. The number of rotatable bonds is 9. The predicted molar refractivity (Wildman–Crippen MR) is 101 cm³/mol. The number of nitrogens with two attached hydrogens (primary N) is 5. The molecule has 1 aromatic heterocycles. The van der Waals surface area contributed by atoms with Crippen LogP contribution in [0.25, 0.3) is 0 Å². The number of hydrogen-bond donors (Lipinski definition) is 6. The molecule has 0 spiro atoms. The first-order valence-corrected chi connectivity index (χ1v) is 8.02. The third kappa shape index (κ3) is 7.81. The molecule has 13 heteroatoms. The Morgan fingerprint density at radius 2 is 1.65 bits per heavy atom. The average molecular weight is 387 g/mol. The zero-order valence-corrected chi connectivity index (χ0v) is 14.9. The van der Waals surface area contributed by atoms with E-state index >= 15 is 0 Å². The molecule has 1 amide bonds. The van der Waals surface area contributed by atoms with Crippen molar-refractivity contribution < 1.29 is 9.53 Å². The summed E-state index contributed by atoms with van der Waals surface area (Å²) in [6, 6.07) is 0. The van der Waals surface area contributed by atoms with Crippen LogP contribution in [0.5, 0.6) is 0 Å². The van der Waals surface area contributed by atoms with Gasteiger partial charge in [0.15, 0.2) is 34.4 Å². The van der Waals surface area contributed by atoms with Crippen molar-refractivity contribution in [3.8, 4) is 0 Å². The topological polar surface area (TPSA) is 219 Å². The van der Waals surface area contributed by atoms with Crippen LogP contribution in [0.1, 0.15) is 23.3 Å². The lowest BCUT2D eigenvalue weighted by molar-refractivity contribution is 0.0972. The largest absolute Gasteiger partial charge is 0.382 e. The molecule has 0 aliphatic carbocycles. The minimum absolute atomic E-state index is 0.0610. The normalized spacial score (nSPS) is 11.2.